The van der Waals surface area contributed by atoms with Gasteiger partial charge in [-0.2, -0.15) is 0 Å². The van der Waals surface area contributed by atoms with E-state index in [-0.39, 0.29) is 11.3 Å². The number of aryl methyl sites for hydroxylation is 1. The molecule has 1 saturated heterocycles. The van der Waals surface area contributed by atoms with Gasteiger partial charge in [-0.25, -0.2) is 9.78 Å². The van der Waals surface area contributed by atoms with Crippen molar-refractivity contribution in [3.63, 3.8) is 0 Å². The van der Waals surface area contributed by atoms with Gasteiger partial charge < -0.3 is 9.84 Å². The fourth-order valence-corrected chi connectivity index (χ4v) is 5.35. The maximum atomic E-state index is 13.4. The molecular formula is C28H22N2O5S. The summed E-state index contributed by atoms with van der Waals surface area (Å²) >= 11 is 1.31. The van der Waals surface area contributed by atoms with Crippen LogP contribution in [-0.2, 0) is 20.7 Å². The Bertz CT molecular complexity index is 1520. The molecule has 1 fully saturated rings. The van der Waals surface area contributed by atoms with E-state index >= 15 is 0 Å². The summed E-state index contributed by atoms with van der Waals surface area (Å²) in [6.45, 7) is 2.06. The highest BCUT2D eigenvalue weighted by Crippen LogP contribution is 2.44. The number of fused-ring (bicyclic) bond motifs is 1. The van der Waals surface area contributed by atoms with Crippen LogP contribution in [0.1, 0.15) is 40.0 Å². The molecule has 1 aliphatic heterocycles. The summed E-state index contributed by atoms with van der Waals surface area (Å²) in [6, 6.07) is 20.0. The molecule has 4 aromatic rings. The first-order chi connectivity index (χ1) is 17.4. The normalized spacial score (nSPS) is 17.1. The Morgan fingerprint density at radius 3 is 2.42 bits per heavy atom. The summed E-state index contributed by atoms with van der Waals surface area (Å²) in [5, 5.41) is 11.5. The molecule has 0 bridgehead atoms. The number of amides is 1. The number of anilines is 1. The lowest BCUT2D eigenvalue weighted by molar-refractivity contribution is -0.132. The second-order valence-electron chi connectivity index (χ2n) is 8.30. The number of esters is 1. The average Bonchev–Trinajstić information content (AvgIpc) is 3.45. The third-order valence-electron chi connectivity index (χ3n) is 6.20. The Morgan fingerprint density at radius 2 is 1.75 bits per heavy atom. The number of benzene rings is 3. The number of nitrogens with zero attached hydrogens (tertiary/aromatic N) is 2. The van der Waals surface area contributed by atoms with Crippen molar-refractivity contribution in [2.24, 2.45) is 0 Å². The molecule has 2 heterocycles. The fourth-order valence-electron chi connectivity index (χ4n) is 4.30. The monoisotopic (exact) mass is 498 g/mol. The standard InChI is InChI=1S/C28H22N2O5S/c1-3-16-9-14-20-21(15-16)36-28(29-20)30-23(17-10-12-19(13-11-17)27(34)35-2)22(25(32)26(30)33)24(31)18-7-5-4-6-8-18/h4-15,23,31H,3H2,1-2H3/b24-22+/t23-/m0/s1. The number of aliphatic hydroxyl groups is 1. The third-order valence-corrected chi connectivity index (χ3v) is 7.21. The molecule has 5 rings (SSSR count). The molecule has 0 spiro atoms. The molecule has 1 aliphatic rings. The Hall–Kier alpha value is -4.30. The maximum Gasteiger partial charge on any atom is 0.337 e. The van der Waals surface area contributed by atoms with Gasteiger partial charge in [0.05, 0.1) is 34.5 Å². The van der Waals surface area contributed by atoms with E-state index in [1.165, 1.54) is 23.3 Å². The number of carbonyl (C=O) groups excluding carboxylic acids is 3. The number of hydrogen-bond donors (Lipinski definition) is 1. The zero-order valence-corrected chi connectivity index (χ0v) is 20.4. The first-order valence-electron chi connectivity index (χ1n) is 11.4. The molecule has 8 heteroatoms. The van der Waals surface area contributed by atoms with Gasteiger partial charge in [-0.05, 0) is 41.8 Å². The van der Waals surface area contributed by atoms with E-state index in [1.807, 2.05) is 18.2 Å². The van der Waals surface area contributed by atoms with Crippen LogP contribution in [0.3, 0.4) is 0 Å². The Balaban J connectivity index is 1.70. The van der Waals surface area contributed by atoms with Crippen LogP contribution in [0.2, 0.25) is 0 Å². The summed E-state index contributed by atoms with van der Waals surface area (Å²) in [4.78, 5) is 44.6. The van der Waals surface area contributed by atoms with Gasteiger partial charge in [0.1, 0.15) is 5.76 Å². The van der Waals surface area contributed by atoms with Crippen molar-refractivity contribution in [2.45, 2.75) is 19.4 Å². The van der Waals surface area contributed by atoms with E-state index in [2.05, 4.69) is 11.9 Å². The predicted octanol–water partition coefficient (Wildman–Crippen LogP) is 5.27. The number of hydrogen-bond acceptors (Lipinski definition) is 7. The molecule has 36 heavy (non-hydrogen) atoms. The average molecular weight is 499 g/mol. The third kappa shape index (κ3) is 3.95. The second-order valence-corrected chi connectivity index (χ2v) is 9.31. The molecule has 1 amide bonds. The zero-order chi connectivity index (χ0) is 25.4. The Morgan fingerprint density at radius 1 is 1.03 bits per heavy atom. The summed E-state index contributed by atoms with van der Waals surface area (Å²) in [6.07, 6.45) is 0.858. The molecule has 0 saturated carbocycles. The van der Waals surface area contributed by atoms with Gasteiger partial charge in [0.15, 0.2) is 5.13 Å². The van der Waals surface area contributed by atoms with Gasteiger partial charge in [0, 0.05) is 5.56 Å². The van der Waals surface area contributed by atoms with E-state index in [4.69, 9.17) is 4.74 Å². The van der Waals surface area contributed by atoms with Gasteiger partial charge in [-0.3, -0.25) is 14.5 Å². The van der Waals surface area contributed by atoms with Crippen LogP contribution in [0.4, 0.5) is 5.13 Å². The number of methoxy groups -OCH3 is 1. The minimum Gasteiger partial charge on any atom is -0.507 e. The number of rotatable bonds is 5. The number of thiazole rings is 1. The van der Waals surface area contributed by atoms with Crippen molar-refractivity contribution in [2.75, 3.05) is 12.0 Å². The van der Waals surface area contributed by atoms with E-state index in [0.717, 1.165) is 22.2 Å². The molecule has 0 unspecified atom stereocenters. The van der Waals surface area contributed by atoms with Crippen molar-refractivity contribution in [1.29, 1.82) is 0 Å². The van der Waals surface area contributed by atoms with Crippen LogP contribution < -0.4 is 4.90 Å². The summed E-state index contributed by atoms with van der Waals surface area (Å²) in [7, 11) is 1.29. The van der Waals surface area contributed by atoms with E-state index in [1.54, 1.807) is 54.6 Å². The van der Waals surface area contributed by atoms with Gasteiger partial charge in [0.25, 0.3) is 5.78 Å². The predicted molar refractivity (Wildman–Crippen MR) is 138 cm³/mol. The number of aliphatic hydroxyl groups excluding tert-OH is 1. The number of Topliss-reactive ketones (excluding diaryl/α,β-unsaturated/α-hetero) is 1. The van der Waals surface area contributed by atoms with E-state index in [9.17, 15) is 19.5 Å². The Labute approximate surface area is 211 Å². The number of carbonyl (C=O) groups is 3. The summed E-state index contributed by atoms with van der Waals surface area (Å²) < 4.78 is 5.68. The van der Waals surface area contributed by atoms with Crippen LogP contribution in [0, 0.1) is 0 Å². The lowest BCUT2D eigenvalue weighted by Gasteiger charge is -2.23. The Kier molecular flexibility index (Phi) is 6.12. The van der Waals surface area contributed by atoms with Crippen LogP contribution >= 0.6 is 11.3 Å². The smallest absolute Gasteiger partial charge is 0.337 e. The van der Waals surface area contributed by atoms with Gasteiger partial charge >= 0.3 is 11.9 Å². The van der Waals surface area contributed by atoms with Crippen molar-refractivity contribution in [3.05, 3.63) is 101 Å². The van der Waals surface area contributed by atoms with Crippen LogP contribution in [-0.4, -0.2) is 34.9 Å². The van der Waals surface area contributed by atoms with Crippen LogP contribution in [0.5, 0.6) is 0 Å². The minimum atomic E-state index is -0.928. The topological polar surface area (TPSA) is 96.8 Å². The van der Waals surface area contributed by atoms with Crippen molar-refractivity contribution >= 4 is 50.1 Å². The highest BCUT2D eigenvalue weighted by atomic mass is 32.1. The highest BCUT2D eigenvalue weighted by molar-refractivity contribution is 7.22. The van der Waals surface area contributed by atoms with Crippen molar-refractivity contribution < 1.29 is 24.2 Å². The second kappa shape index (κ2) is 9.39. The largest absolute Gasteiger partial charge is 0.507 e. The van der Waals surface area contributed by atoms with Crippen LogP contribution in [0.15, 0.2) is 78.4 Å². The van der Waals surface area contributed by atoms with Gasteiger partial charge in [-0.15, -0.1) is 0 Å². The highest BCUT2D eigenvalue weighted by Gasteiger charge is 2.48. The maximum absolute atomic E-state index is 13.4. The van der Waals surface area contributed by atoms with E-state index in [0.29, 0.717) is 21.8 Å². The molecule has 1 atom stereocenters. The first kappa shape index (κ1) is 23.4. The number of ether oxygens (including phenoxy) is 1. The fraction of sp³-hybridized carbons (Fsp3) is 0.143. The van der Waals surface area contributed by atoms with Crippen LogP contribution in [0.25, 0.3) is 16.0 Å². The van der Waals surface area contributed by atoms with E-state index < -0.39 is 23.7 Å². The van der Waals surface area contributed by atoms with Gasteiger partial charge in [-0.1, -0.05) is 66.8 Å². The molecule has 1 aromatic heterocycles. The number of aromatic nitrogens is 1. The molecule has 0 aliphatic carbocycles. The lowest BCUT2D eigenvalue weighted by atomic mass is 9.95. The molecule has 0 radical (unpaired) electrons. The molecule has 7 nitrogen and oxygen atoms in total. The molecular weight excluding hydrogens is 476 g/mol. The summed E-state index contributed by atoms with van der Waals surface area (Å²) in [5.74, 6) is -2.35. The SMILES string of the molecule is CCc1ccc2nc(N3C(=O)C(=O)/C(=C(/O)c4ccccc4)[C@@H]3c3ccc(C(=O)OC)cc3)sc2c1. The minimum absolute atomic E-state index is 0.0366. The van der Waals surface area contributed by atoms with Crippen molar-refractivity contribution in [3.8, 4) is 0 Å². The zero-order valence-electron chi connectivity index (χ0n) is 19.6. The molecule has 1 N–H and O–H groups in total. The lowest BCUT2D eigenvalue weighted by Crippen LogP contribution is -2.29. The quantitative estimate of drug-likeness (QED) is 0.174. The summed E-state index contributed by atoms with van der Waals surface area (Å²) in [5.41, 5.74) is 3.12. The van der Waals surface area contributed by atoms with Gasteiger partial charge in [0.2, 0.25) is 0 Å². The molecule has 180 valence electrons. The number of ketones is 1. The van der Waals surface area contributed by atoms with Crippen molar-refractivity contribution in [1.82, 2.24) is 4.98 Å². The first-order valence-corrected chi connectivity index (χ1v) is 12.2. The molecule has 3 aromatic carbocycles.